The highest BCUT2D eigenvalue weighted by atomic mass is 32.2. The van der Waals surface area contributed by atoms with Gasteiger partial charge in [0.1, 0.15) is 5.76 Å². The van der Waals surface area contributed by atoms with E-state index in [0.29, 0.717) is 18.3 Å². The lowest BCUT2D eigenvalue weighted by molar-refractivity contribution is 0.380. The Bertz CT molecular complexity index is 1310. The van der Waals surface area contributed by atoms with Crippen LogP contribution in [-0.2, 0) is 6.54 Å². The summed E-state index contributed by atoms with van der Waals surface area (Å²) in [5.41, 5.74) is 3.09. The highest BCUT2D eigenvalue weighted by molar-refractivity contribution is 7.99. The van der Waals surface area contributed by atoms with E-state index in [1.54, 1.807) is 6.26 Å². The zero-order valence-electron chi connectivity index (χ0n) is 17.7. The van der Waals surface area contributed by atoms with E-state index in [-0.39, 0.29) is 5.25 Å². The van der Waals surface area contributed by atoms with Crippen LogP contribution in [-0.4, -0.2) is 24.9 Å². The van der Waals surface area contributed by atoms with Crippen LogP contribution in [0, 0.1) is 6.92 Å². The molecule has 160 valence electrons. The van der Waals surface area contributed by atoms with Crippen molar-refractivity contribution >= 4 is 11.8 Å². The Morgan fingerprint density at radius 3 is 2.59 bits per heavy atom. The molecule has 0 bridgehead atoms. The number of benzene rings is 2. The van der Waals surface area contributed by atoms with E-state index in [1.807, 2.05) is 61.5 Å². The van der Waals surface area contributed by atoms with Crippen LogP contribution < -0.4 is 0 Å². The zero-order chi connectivity index (χ0) is 21.9. The number of furan rings is 1. The van der Waals surface area contributed by atoms with E-state index >= 15 is 0 Å². The molecule has 0 saturated heterocycles. The van der Waals surface area contributed by atoms with Gasteiger partial charge in [0.15, 0.2) is 11.0 Å². The normalized spacial score (nSPS) is 12.2. The third-order valence-corrected chi connectivity index (χ3v) is 6.06. The van der Waals surface area contributed by atoms with E-state index in [4.69, 9.17) is 8.94 Å². The van der Waals surface area contributed by atoms with Gasteiger partial charge in [-0.2, -0.15) is 4.98 Å². The van der Waals surface area contributed by atoms with Gasteiger partial charge in [-0.3, -0.25) is 4.57 Å². The summed E-state index contributed by atoms with van der Waals surface area (Å²) in [6.45, 7) is 4.61. The molecule has 0 aliphatic rings. The molecule has 0 aliphatic carbocycles. The first-order chi connectivity index (χ1) is 15.7. The molecular formula is C24H21N5O2S. The van der Waals surface area contributed by atoms with Gasteiger partial charge in [0.2, 0.25) is 11.7 Å². The van der Waals surface area contributed by atoms with E-state index in [0.717, 1.165) is 33.4 Å². The summed E-state index contributed by atoms with van der Waals surface area (Å²) < 4.78 is 13.2. The highest BCUT2D eigenvalue weighted by Crippen LogP contribution is 2.36. The zero-order valence-corrected chi connectivity index (χ0v) is 18.5. The molecule has 0 fully saturated rings. The van der Waals surface area contributed by atoms with Gasteiger partial charge in [-0.15, -0.1) is 10.2 Å². The molecular weight excluding hydrogens is 422 g/mol. The first-order valence-electron chi connectivity index (χ1n) is 10.3. The van der Waals surface area contributed by atoms with Crippen LogP contribution in [0.1, 0.15) is 29.4 Å². The molecule has 0 radical (unpaired) electrons. The van der Waals surface area contributed by atoms with E-state index < -0.39 is 0 Å². The number of hydrogen-bond acceptors (Lipinski definition) is 7. The lowest BCUT2D eigenvalue weighted by Crippen LogP contribution is -2.04. The maximum atomic E-state index is 5.59. The highest BCUT2D eigenvalue weighted by Gasteiger charge is 2.22. The third-order valence-electron chi connectivity index (χ3n) is 4.99. The Kier molecular flexibility index (Phi) is 5.60. The summed E-state index contributed by atoms with van der Waals surface area (Å²) in [4.78, 5) is 4.58. The number of aromatic nitrogens is 5. The molecule has 3 heterocycles. The number of thioether (sulfide) groups is 1. The SMILES string of the molecule is Cc1cccc(-c2nnc(SC(C)c3nc(-c4ccccc4)no3)n2Cc2ccco2)c1. The van der Waals surface area contributed by atoms with Gasteiger partial charge in [-0.1, -0.05) is 71.0 Å². The summed E-state index contributed by atoms with van der Waals surface area (Å²) in [5, 5.41) is 13.8. The topological polar surface area (TPSA) is 82.8 Å². The van der Waals surface area contributed by atoms with E-state index in [9.17, 15) is 0 Å². The molecule has 0 amide bonds. The number of aryl methyl sites for hydroxylation is 1. The molecule has 8 heteroatoms. The van der Waals surface area contributed by atoms with Crippen molar-refractivity contribution in [3.8, 4) is 22.8 Å². The fourth-order valence-corrected chi connectivity index (χ4v) is 4.27. The Balaban J connectivity index is 1.45. The van der Waals surface area contributed by atoms with Crippen molar-refractivity contribution in [2.75, 3.05) is 0 Å². The first-order valence-corrected chi connectivity index (χ1v) is 11.1. The Morgan fingerprint density at radius 2 is 1.81 bits per heavy atom. The van der Waals surface area contributed by atoms with Gasteiger partial charge in [0, 0.05) is 11.1 Å². The van der Waals surface area contributed by atoms with Crippen LogP contribution in [0.3, 0.4) is 0 Å². The molecule has 1 atom stereocenters. The van der Waals surface area contributed by atoms with Crippen molar-refractivity contribution in [3.05, 3.63) is 90.2 Å². The van der Waals surface area contributed by atoms with Gasteiger partial charge in [-0.05, 0) is 32.0 Å². The summed E-state index contributed by atoms with van der Waals surface area (Å²) >= 11 is 1.52. The summed E-state index contributed by atoms with van der Waals surface area (Å²) in [6.07, 6.45) is 1.67. The van der Waals surface area contributed by atoms with Crippen LogP contribution >= 0.6 is 11.8 Å². The second-order valence-corrected chi connectivity index (χ2v) is 8.73. The molecule has 0 aliphatic heterocycles. The van der Waals surface area contributed by atoms with Crippen LogP contribution in [0.5, 0.6) is 0 Å². The molecule has 32 heavy (non-hydrogen) atoms. The molecule has 7 nitrogen and oxygen atoms in total. The van der Waals surface area contributed by atoms with Gasteiger partial charge in [0.25, 0.3) is 0 Å². The largest absolute Gasteiger partial charge is 0.467 e. The number of nitrogens with zero attached hydrogens (tertiary/aromatic N) is 5. The molecule has 2 aromatic carbocycles. The smallest absolute Gasteiger partial charge is 0.240 e. The average molecular weight is 444 g/mol. The fraction of sp³-hybridized carbons (Fsp3) is 0.167. The molecule has 5 rings (SSSR count). The Morgan fingerprint density at radius 1 is 0.969 bits per heavy atom. The number of rotatable bonds is 7. The second-order valence-electron chi connectivity index (χ2n) is 7.42. The van der Waals surface area contributed by atoms with E-state index in [1.165, 1.54) is 11.8 Å². The second kappa shape index (κ2) is 8.84. The minimum absolute atomic E-state index is 0.107. The van der Waals surface area contributed by atoms with Gasteiger partial charge >= 0.3 is 0 Å². The van der Waals surface area contributed by atoms with Gasteiger partial charge < -0.3 is 8.94 Å². The maximum Gasteiger partial charge on any atom is 0.240 e. The van der Waals surface area contributed by atoms with Crippen LogP contribution in [0.25, 0.3) is 22.8 Å². The minimum Gasteiger partial charge on any atom is -0.467 e. The predicted molar refractivity (Wildman–Crippen MR) is 122 cm³/mol. The Labute approximate surface area is 189 Å². The van der Waals surface area contributed by atoms with Crippen molar-refractivity contribution in [1.82, 2.24) is 24.9 Å². The monoisotopic (exact) mass is 443 g/mol. The van der Waals surface area contributed by atoms with Crippen LogP contribution in [0.15, 0.2) is 87.1 Å². The minimum atomic E-state index is -0.107. The van der Waals surface area contributed by atoms with Crippen molar-refractivity contribution in [3.63, 3.8) is 0 Å². The van der Waals surface area contributed by atoms with Gasteiger partial charge in [0.05, 0.1) is 18.1 Å². The first kappa shape index (κ1) is 20.3. The van der Waals surface area contributed by atoms with Crippen molar-refractivity contribution < 1.29 is 8.94 Å². The van der Waals surface area contributed by atoms with Crippen molar-refractivity contribution in [2.45, 2.75) is 30.8 Å². The van der Waals surface area contributed by atoms with Crippen LogP contribution in [0.4, 0.5) is 0 Å². The standard InChI is InChI=1S/C24H21N5O2S/c1-16-8-6-11-19(14-16)22-26-27-24(29(22)15-20-12-7-13-30-20)32-17(2)23-25-21(28-31-23)18-9-4-3-5-10-18/h3-14,17H,15H2,1-2H3. The lowest BCUT2D eigenvalue weighted by Gasteiger charge is -2.11. The van der Waals surface area contributed by atoms with Crippen molar-refractivity contribution in [2.24, 2.45) is 0 Å². The molecule has 5 aromatic rings. The Hall–Kier alpha value is -3.65. The molecule has 0 saturated carbocycles. The average Bonchev–Trinajstić information content (AvgIpc) is 3.57. The number of hydrogen-bond donors (Lipinski definition) is 0. The predicted octanol–water partition coefficient (Wildman–Crippen LogP) is 5.80. The summed E-state index contributed by atoms with van der Waals surface area (Å²) in [6, 6.07) is 21.8. The van der Waals surface area contributed by atoms with Crippen molar-refractivity contribution in [1.29, 1.82) is 0 Å². The van der Waals surface area contributed by atoms with Gasteiger partial charge in [-0.25, -0.2) is 0 Å². The maximum absolute atomic E-state index is 5.59. The summed E-state index contributed by atoms with van der Waals surface area (Å²) in [5.74, 6) is 2.73. The van der Waals surface area contributed by atoms with Crippen LogP contribution in [0.2, 0.25) is 0 Å². The third kappa shape index (κ3) is 4.22. The fourth-order valence-electron chi connectivity index (χ4n) is 3.39. The molecule has 0 N–H and O–H groups in total. The molecule has 0 spiro atoms. The molecule has 1 unspecified atom stereocenters. The lowest BCUT2D eigenvalue weighted by atomic mass is 10.1. The van der Waals surface area contributed by atoms with E-state index in [2.05, 4.69) is 44.0 Å². The molecule has 3 aromatic heterocycles. The summed E-state index contributed by atoms with van der Waals surface area (Å²) in [7, 11) is 0. The quantitative estimate of drug-likeness (QED) is 0.294.